The Morgan fingerprint density at radius 1 is 0.778 bits per heavy atom. The zero-order chi connectivity index (χ0) is 32.6. The maximum absolute atomic E-state index is 14.6. The number of carbonyl (C=O) groups is 2. The van der Waals surface area contributed by atoms with Crippen molar-refractivity contribution in [1.29, 1.82) is 0 Å². The Bertz CT molecular complexity index is 1690. The molecule has 0 fully saturated rings. The van der Waals surface area contributed by atoms with Gasteiger partial charge in [0, 0.05) is 19.0 Å². The molecule has 4 aromatic carbocycles. The van der Waals surface area contributed by atoms with E-state index in [1.165, 1.54) is 9.21 Å². The van der Waals surface area contributed by atoms with Crippen molar-refractivity contribution in [3.8, 4) is 0 Å². The summed E-state index contributed by atoms with van der Waals surface area (Å²) in [6.45, 7) is 9.18. The molecule has 2 atom stereocenters. The molecule has 2 amide bonds. The fourth-order valence-electron chi connectivity index (χ4n) is 5.11. The summed E-state index contributed by atoms with van der Waals surface area (Å²) in [6, 6.07) is 30.2. The first kappa shape index (κ1) is 33.5. The van der Waals surface area contributed by atoms with E-state index in [9.17, 15) is 18.0 Å². The standard InChI is InChI=1S/C37H43N3O4S/c1-6-30(5)38-37(42)35(24-31-13-9-7-10-14-31)39(25-32-15-11-8-12-16-32)36(41)26-40(34-23-28(3)17-20-29(34)4)45(43,44)33-21-18-27(2)19-22-33/h7-23,30,35H,6,24-26H2,1-5H3,(H,38,42)/t30-,35+/m1/s1. The van der Waals surface area contributed by atoms with E-state index < -0.39 is 28.5 Å². The lowest BCUT2D eigenvalue weighted by molar-refractivity contribution is -0.140. The lowest BCUT2D eigenvalue weighted by Gasteiger charge is -2.34. The highest BCUT2D eigenvalue weighted by atomic mass is 32.2. The molecule has 0 radical (unpaired) electrons. The first-order valence-electron chi connectivity index (χ1n) is 15.3. The second-order valence-corrected chi connectivity index (χ2v) is 13.5. The van der Waals surface area contributed by atoms with E-state index in [2.05, 4.69) is 5.32 Å². The van der Waals surface area contributed by atoms with Gasteiger partial charge >= 0.3 is 0 Å². The molecule has 7 nitrogen and oxygen atoms in total. The third kappa shape index (κ3) is 8.60. The van der Waals surface area contributed by atoms with Gasteiger partial charge in [0.15, 0.2) is 0 Å². The maximum Gasteiger partial charge on any atom is 0.264 e. The molecule has 0 aliphatic rings. The second-order valence-electron chi connectivity index (χ2n) is 11.6. The van der Waals surface area contributed by atoms with Crippen LogP contribution in [0.5, 0.6) is 0 Å². The minimum Gasteiger partial charge on any atom is -0.352 e. The minimum absolute atomic E-state index is 0.0896. The molecule has 0 heterocycles. The maximum atomic E-state index is 14.6. The number of rotatable bonds is 13. The summed E-state index contributed by atoms with van der Waals surface area (Å²) in [5.41, 5.74) is 4.66. The number of benzene rings is 4. The van der Waals surface area contributed by atoms with Gasteiger partial charge < -0.3 is 10.2 Å². The molecule has 4 rings (SSSR count). The van der Waals surface area contributed by atoms with Crippen LogP contribution in [0.2, 0.25) is 0 Å². The van der Waals surface area contributed by atoms with E-state index in [0.717, 1.165) is 28.7 Å². The average Bonchev–Trinajstić information content (AvgIpc) is 3.03. The van der Waals surface area contributed by atoms with Gasteiger partial charge in [-0.25, -0.2) is 8.42 Å². The molecule has 236 valence electrons. The fourth-order valence-corrected chi connectivity index (χ4v) is 6.58. The Morgan fingerprint density at radius 2 is 1.36 bits per heavy atom. The predicted molar refractivity (Wildman–Crippen MR) is 180 cm³/mol. The van der Waals surface area contributed by atoms with E-state index in [1.807, 2.05) is 107 Å². The summed E-state index contributed by atoms with van der Waals surface area (Å²) in [6.07, 6.45) is 1.00. The Kier molecular flexibility index (Phi) is 11.2. The van der Waals surface area contributed by atoms with Gasteiger partial charge in [0.1, 0.15) is 12.6 Å². The number of sulfonamides is 1. The Balaban J connectivity index is 1.82. The zero-order valence-corrected chi connectivity index (χ0v) is 27.6. The van der Waals surface area contributed by atoms with Gasteiger partial charge in [0.2, 0.25) is 11.8 Å². The largest absolute Gasteiger partial charge is 0.352 e. The molecule has 0 saturated carbocycles. The molecule has 0 aliphatic heterocycles. The van der Waals surface area contributed by atoms with Crippen molar-refractivity contribution in [2.45, 2.75) is 71.0 Å². The third-order valence-electron chi connectivity index (χ3n) is 7.99. The zero-order valence-electron chi connectivity index (χ0n) is 26.7. The number of carbonyl (C=O) groups excluding carboxylic acids is 2. The van der Waals surface area contributed by atoms with Gasteiger partial charge in [-0.05, 0) is 74.6 Å². The predicted octanol–water partition coefficient (Wildman–Crippen LogP) is 6.36. The quantitative estimate of drug-likeness (QED) is 0.187. The monoisotopic (exact) mass is 625 g/mol. The second kappa shape index (κ2) is 15.0. The highest BCUT2D eigenvalue weighted by Gasteiger charge is 2.35. The first-order chi connectivity index (χ1) is 21.5. The average molecular weight is 626 g/mol. The van der Waals surface area contributed by atoms with Gasteiger partial charge in [0.05, 0.1) is 10.6 Å². The Morgan fingerprint density at radius 3 is 1.96 bits per heavy atom. The topological polar surface area (TPSA) is 86.8 Å². The molecule has 0 bridgehead atoms. The molecule has 0 aliphatic carbocycles. The van der Waals surface area contributed by atoms with E-state index >= 15 is 0 Å². The summed E-state index contributed by atoms with van der Waals surface area (Å²) < 4.78 is 29.7. The van der Waals surface area contributed by atoms with Crippen LogP contribution in [0.15, 0.2) is 108 Å². The molecule has 8 heteroatoms. The van der Waals surface area contributed by atoms with Crippen molar-refractivity contribution in [2.75, 3.05) is 10.8 Å². The van der Waals surface area contributed by atoms with Crippen molar-refractivity contribution in [1.82, 2.24) is 10.2 Å². The van der Waals surface area contributed by atoms with Crippen molar-refractivity contribution in [3.05, 3.63) is 131 Å². The highest BCUT2D eigenvalue weighted by molar-refractivity contribution is 7.92. The number of amides is 2. The van der Waals surface area contributed by atoms with Crippen LogP contribution in [-0.2, 0) is 32.6 Å². The summed E-state index contributed by atoms with van der Waals surface area (Å²) in [4.78, 5) is 30.1. The number of aryl methyl sites for hydroxylation is 3. The Hall–Kier alpha value is -4.43. The van der Waals surface area contributed by atoms with Crippen molar-refractivity contribution >= 4 is 27.5 Å². The Labute approximate surface area is 268 Å². The number of hydrogen-bond donors (Lipinski definition) is 1. The van der Waals surface area contributed by atoms with Crippen LogP contribution in [0.25, 0.3) is 0 Å². The molecule has 4 aromatic rings. The molecule has 0 unspecified atom stereocenters. The molecule has 0 spiro atoms. The molecule has 0 aromatic heterocycles. The van der Waals surface area contributed by atoms with Crippen LogP contribution in [0.4, 0.5) is 5.69 Å². The lowest BCUT2D eigenvalue weighted by atomic mass is 10.0. The lowest BCUT2D eigenvalue weighted by Crippen LogP contribution is -2.54. The highest BCUT2D eigenvalue weighted by Crippen LogP contribution is 2.29. The van der Waals surface area contributed by atoms with Gasteiger partial charge in [-0.3, -0.25) is 13.9 Å². The number of hydrogen-bond acceptors (Lipinski definition) is 4. The number of nitrogens with one attached hydrogen (secondary N) is 1. The molecular formula is C37H43N3O4S. The van der Waals surface area contributed by atoms with Crippen LogP contribution in [0.3, 0.4) is 0 Å². The van der Waals surface area contributed by atoms with Crippen LogP contribution in [0, 0.1) is 20.8 Å². The normalized spacial score (nSPS) is 12.6. The van der Waals surface area contributed by atoms with E-state index in [1.54, 1.807) is 30.3 Å². The minimum atomic E-state index is -4.15. The molecule has 1 N–H and O–H groups in total. The van der Waals surface area contributed by atoms with Crippen molar-refractivity contribution in [2.24, 2.45) is 0 Å². The summed E-state index contributed by atoms with van der Waals surface area (Å²) in [5, 5.41) is 3.07. The summed E-state index contributed by atoms with van der Waals surface area (Å²) in [7, 11) is -4.15. The van der Waals surface area contributed by atoms with E-state index in [-0.39, 0.29) is 29.8 Å². The van der Waals surface area contributed by atoms with Gasteiger partial charge in [0.25, 0.3) is 10.0 Å². The number of nitrogens with zero attached hydrogens (tertiary/aromatic N) is 2. The SMILES string of the molecule is CC[C@@H](C)NC(=O)[C@H](Cc1ccccc1)N(Cc1ccccc1)C(=O)CN(c1cc(C)ccc1C)S(=O)(=O)c1ccc(C)cc1. The van der Waals surface area contributed by atoms with Crippen LogP contribution >= 0.6 is 0 Å². The molecule has 0 saturated heterocycles. The number of anilines is 1. The van der Waals surface area contributed by atoms with Crippen molar-refractivity contribution < 1.29 is 18.0 Å². The van der Waals surface area contributed by atoms with Crippen LogP contribution in [-0.4, -0.2) is 43.8 Å². The van der Waals surface area contributed by atoms with Gasteiger partial charge in [-0.1, -0.05) is 97.4 Å². The molecule has 45 heavy (non-hydrogen) atoms. The van der Waals surface area contributed by atoms with Gasteiger partial charge in [-0.15, -0.1) is 0 Å². The van der Waals surface area contributed by atoms with Gasteiger partial charge in [-0.2, -0.15) is 0 Å². The molecular weight excluding hydrogens is 582 g/mol. The third-order valence-corrected chi connectivity index (χ3v) is 9.76. The first-order valence-corrected chi connectivity index (χ1v) is 16.8. The van der Waals surface area contributed by atoms with Crippen LogP contribution < -0.4 is 9.62 Å². The van der Waals surface area contributed by atoms with E-state index in [4.69, 9.17) is 0 Å². The van der Waals surface area contributed by atoms with Crippen LogP contribution in [0.1, 0.15) is 48.1 Å². The smallest absolute Gasteiger partial charge is 0.264 e. The van der Waals surface area contributed by atoms with E-state index in [0.29, 0.717) is 11.3 Å². The summed E-state index contributed by atoms with van der Waals surface area (Å²) in [5.74, 6) is -0.757. The summed E-state index contributed by atoms with van der Waals surface area (Å²) >= 11 is 0. The van der Waals surface area contributed by atoms with Crippen molar-refractivity contribution in [3.63, 3.8) is 0 Å². The fraction of sp³-hybridized carbons (Fsp3) is 0.297.